The van der Waals surface area contributed by atoms with Gasteiger partial charge in [0.05, 0.1) is 0 Å². The van der Waals surface area contributed by atoms with Crippen molar-refractivity contribution in [1.29, 1.82) is 0 Å². The van der Waals surface area contributed by atoms with E-state index in [1.54, 1.807) is 0 Å². The highest BCUT2D eigenvalue weighted by Gasteiger charge is 2.29. The highest BCUT2D eigenvalue weighted by atomic mass is 16.5. The van der Waals surface area contributed by atoms with E-state index in [1.165, 1.54) is 5.56 Å². The lowest BCUT2D eigenvalue weighted by molar-refractivity contribution is -0.123. The fourth-order valence-electron chi connectivity index (χ4n) is 2.54. The highest BCUT2D eigenvalue weighted by molar-refractivity contribution is 5.89. The van der Waals surface area contributed by atoms with Gasteiger partial charge in [0.15, 0.2) is 12.4 Å². The maximum atomic E-state index is 11.9. The lowest BCUT2D eigenvalue weighted by Crippen LogP contribution is -2.36. The topological polar surface area (TPSA) is 106 Å². The van der Waals surface area contributed by atoms with Crippen molar-refractivity contribution in [1.82, 2.24) is 20.8 Å². The van der Waals surface area contributed by atoms with Crippen molar-refractivity contribution in [3.05, 3.63) is 41.5 Å². The van der Waals surface area contributed by atoms with Crippen LogP contribution in [-0.4, -0.2) is 41.7 Å². The molecule has 1 saturated carbocycles. The largest absolute Gasteiger partial charge is 0.484 e. The number of carbonyl (C=O) groups is 2. The third kappa shape index (κ3) is 5.55. The zero-order valence-electron chi connectivity index (χ0n) is 16.4. The summed E-state index contributed by atoms with van der Waals surface area (Å²) in [6.45, 7) is 6.86. The number of carbonyl (C=O) groups excluding carboxylic acids is 2. The Morgan fingerprint density at radius 3 is 2.46 bits per heavy atom. The van der Waals surface area contributed by atoms with E-state index < -0.39 is 5.91 Å². The van der Waals surface area contributed by atoms with Crippen LogP contribution < -0.4 is 15.4 Å². The normalized spacial score (nSPS) is 13.8. The van der Waals surface area contributed by atoms with E-state index in [9.17, 15) is 9.59 Å². The number of hydrogen-bond acceptors (Lipinski definition) is 6. The number of amides is 2. The number of aromatic nitrogens is 2. The van der Waals surface area contributed by atoms with Crippen molar-refractivity contribution < 1.29 is 18.8 Å². The summed E-state index contributed by atoms with van der Waals surface area (Å²) in [4.78, 5) is 27.8. The average Bonchev–Trinajstić information content (AvgIpc) is 3.39. The van der Waals surface area contributed by atoms with E-state index in [2.05, 4.69) is 41.5 Å². The molecule has 0 aliphatic heterocycles. The van der Waals surface area contributed by atoms with Crippen molar-refractivity contribution in [3.8, 4) is 5.75 Å². The van der Waals surface area contributed by atoms with Crippen molar-refractivity contribution in [2.24, 2.45) is 0 Å². The second-order valence-corrected chi connectivity index (χ2v) is 7.90. The monoisotopic (exact) mass is 386 g/mol. The van der Waals surface area contributed by atoms with Crippen molar-refractivity contribution in [2.75, 3.05) is 19.7 Å². The van der Waals surface area contributed by atoms with Gasteiger partial charge >= 0.3 is 11.8 Å². The summed E-state index contributed by atoms with van der Waals surface area (Å²) in [5, 5.41) is 9.11. The quantitative estimate of drug-likeness (QED) is 0.674. The number of nitrogens with zero attached hydrogens (tertiary/aromatic N) is 2. The van der Waals surface area contributed by atoms with Crippen LogP contribution >= 0.6 is 0 Å². The molecule has 1 fully saturated rings. The van der Waals surface area contributed by atoms with Gasteiger partial charge in [0.2, 0.25) is 0 Å². The van der Waals surface area contributed by atoms with Crippen LogP contribution in [-0.2, 0) is 10.2 Å². The number of benzene rings is 1. The first kappa shape index (κ1) is 19.9. The maximum absolute atomic E-state index is 11.9. The van der Waals surface area contributed by atoms with Crippen LogP contribution in [0.1, 0.15) is 61.6 Å². The second-order valence-electron chi connectivity index (χ2n) is 7.90. The molecule has 0 radical (unpaired) electrons. The average molecular weight is 386 g/mol. The molecule has 1 aliphatic carbocycles. The molecule has 2 amide bonds. The summed E-state index contributed by atoms with van der Waals surface area (Å²) in [6.07, 6.45) is 2.07. The summed E-state index contributed by atoms with van der Waals surface area (Å²) in [6, 6.07) is 7.70. The van der Waals surface area contributed by atoms with Gasteiger partial charge in [0.1, 0.15) is 5.75 Å². The molecule has 2 aromatic rings. The molecule has 0 unspecified atom stereocenters. The fourth-order valence-corrected chi connectivity index (χ4v) is 2.54. The van der Waals surface area contributed by atoms with Gasteiger partial charge in [0, 0.05) is 19.0 Å². The molecule has 0 spiro atoms. The molecule has 1 heterocycles. The summed E-state index contributed by atoms with van der Waals surface area (Å²) < 4.78 is 10.4. The molecule has 1 aromatic heterocycles. The Morgan fingerprint density at radius 1 is 1.14 bits per heavy atom. The Labute approximate surface area is 164 Å². The minimum absolute atomic E-state index is 0.0461. The number of hydrogen-bond donors (Lipinski definition) is 2. The first-order valence-corrected chi connectivity index (χ1v) is 9.45. The van der Waals surface area contributed by atoms with Gasteiger partial charge in [-0.05, 0) is 36.0 Å². The van der Waals surface area contributed by atoms with Crippen LogP contribution in [0.3, 0.4) is 0 Å². The molecule has 1 aromatic carbocycles. The van der Waals surface area contributed by atoms with Crippen LogP contribution in [0.5, 0.6) is 5.75 Å². The summed E-state index contributed by atoms with van der Waals surface area (Å²) in [5.74, 6) is 0.807. The van der Waals surface area contributed by atoms with Gasteiger partial charge in [-0.25, -0.2) is 0 Å². The van der Waals surface area contributed by atoms with Crippen LogP contribution in [0, 0.1) is 0 Å². The predicted molar refractivity (Wildman–Crippen MR) is 102 cm³/mol. The molecule has 1 aliphatic rings. The third-order valence-corrected chi connectivity index (χ3v) is 4.40. The smallest absolute Gasteiger partial charge is 0.315 e. The van der Waals surface area contributed by atoms with Crippen LogP contribution in [0.2, 0.25) is 0 Å². The van der Waals surface area contributed by atoms with Crippen LogP contribution in [0.4, 0.5) is 0 Å². The molecule has 0 atom stereocenters. The van der Waals surface area contributed by atoms with E-state index in [4.69, 9.17) is 9.26 Å². The highest BCUT2D eigenvalue weighted by Crippen LogP contribution is 2.38. The molecule has 28 heavy (non-hydrogen) atoms. The zero-order chi connectivity index (χ0) is 20.1. The van der Waals surface area contributed by atoms with E-state index in [-0.39, 0.29) is 36.9 Å². The van der Waals surface area contributed by atoms with Crippen LogP contribution in [0.15, 0.2) is 28.8 Å². The number of ether oxygens (including phenoxy) is 1. The molecular weight excluding hydrogens is 360 g/mol. The first-order valence-electron chi connectivity index (χ1n) is 9.45. The number of nitrogens with one attached hydrogen (secondary N) is 2. The zero-order valence-corrected chi connectivity index (χ0v) is 16.4. The molecule has 8 heteroatoms. The molecule has 150 valence electrons. The fraction of sp³-hybridized carbons (Fsp3) is 0.500. The third-order valence-electron chi connectivity index (χ3n) is 4.40. The summed E-state index contributed by atoms with van der Waals surface area (Å²) in [5.41, 5.74) is 1.27. The molecule has 2 N–H and O–H groups in total. The predicted octanol–water partition coefficient (Wildman–Crippen LogP) is 2.17. The van der Waals surface area contributed by atoms with Crippen molar-refractivity contribution in [3.63, 3.8) is 0 Å². The van der Waals surface area contributed by atoms with Crippen LogP contribution in [0.25, 0.3) is 0 Å². The Bertz CT molecular complexity index is 819. The Kier molecular flexibility index (Phi) is 5.96. The number of rotatable bonds is 8. The Hall–Kier alpha value is -2.90. The Morgan fingerprint density at radius 2 is 1.82 bits per heavy atom. The molecule has 3 rings (SSSR count). The van der Waals surface area contributed by atoms with Gasteiger partial charge in [-0.15, -0.1) is 0 Å². The summed E-state index contributed by atoms with van der Waals surface area (Å²) >= 11 is 0. The lowest BCUT2D eigenvalue weighted by Gasteiger charge is -2.19. The molecule has 8 nitrogen and oxygen atoms in total. The minimum Gasteiger partial charge on any atom is -0.484 e. The SMILES string of the molecule is CC(C)(C)c1ccc(OCC(=O)NCCNC(=O)c2nc(C3CC3)no2)cc1. The standard InChI is InChI=1S/C20H26N4O4/c1-20(2,3)14-6-8-15(9-7-14)27-12-16(25)21-10-11-22-18(26)19-23-17(24-28-19)13-4-5-13/h6-9,13H,4-5,10-12H2,1-3H3,(H,21,25)(H,22,26). The second kappa shape index (κ2) is 8.41. The minimum atomic E-state index is -0.441. The van der Waals surface area contributed by atoms with E-state index in [0.29, 0.717) is 17.5 Å². The Balaban J connectivity index is 1.32. The van der Waals surface area contributed by atoms with E-state index >= 15 is 0 Å². The molecular formula is C20H26N4O4. The van der Waals surface area contributed by atoms with E-state index in [1.807, 2.05) is 24.3 Å². The van der Waals surface area contributed by atoms with Crippen molar-refractivity contribution in [2.45, 2.75) is 44.9 Å². The van der Waals surface area contributed by atoms with Crippen molar-refractivity contribution >= 4 is 11.8 Å². The maximum Gasteiger partial charge on any atom is 0.315 e. The van der Waals surface area contributed by atoms with E-state index in [0.717, 1.165) is 12.8 Å². The lowest BCUT2D eigenvalue weighted by atomic mass is 9.87. The molecule has 0 bridgehead atoms. The summed E-state index contributed by atoms with van der Waals surface area (Å²) in [7, 11) is 0. The van der Waals surface area contributed by atoms with Gasteiger partial charge < -0.3 is 19.9 Å². The van der Waals surface area contributed by atoms with Gasteiger partial charge in [-0.2, -0.15) is 4.98 Å². The van der Waals surface area contributed by atoms with Gasteiger partial charge in [-0.3, -0.25) is 9.59 Å². The first-order chi connectivity index (χ1) is 13.3. The van der Waals surface area contributed by atoms with Gasteiger partial charge in [-0.1, -0.05) is 38.1 Å². The van der Waals surface area contributed by atoms with Gasteiger partial charge in [0.25, 0.3) is 5.91 Å². The molecule has 0 saturated heterocycles.